The Morgan fingerprint density at radius 1 is 1.12 bits per heavy atom. The molecule has 5 heteroatoms. The first-order valence-corrected chi connectivity index (χ1v) is 7.80. The topological polar surface area (TPSA) is 26.7 Å². The second kappa shape index (κ2) is 10.1. The van der Waals surface area contributed by atoms with Crippen LogP contribution in [0.15, 0.2) is 0 Å². The molecule has 1 N–H and O–H groups in total. The molecule has 0 fully saturated rings. The van der Waals surface area contributed by atoms with E-state index in [0.29, 0.717) is 5.75 Å². The Hall–Kier alpha value is 0.160. The summed E-state index contributed by atoms with van der Waals surface area (Å²) in [5.41, 5.74) is 0. The molecule has 0 aliphatic carbocycles. The summed E-state index contributed by atoms with van der Waals surface area (Å²) in [5.74, 6) is 0.686. The second-order valence-electron chi connectivity index (χ2n) is 3.89. The van der Waals surface area contributed by atoms with Gasteiger partial charge in [-0.3, -0.25) is 0 Å². The van der Waals surface area contributed by atoms with Gasteiger partial charge in [0.2, 0.25) is 0 Å². The standard InChI is InChI=1S/C12H26N2OS2/c1-5-13(6-2)9-11(15)10-17-12(16)14(7-3)8-4/h11,15H,5-10H2,1-4H3. The van der Waals surface area contributed by atoms with E-state index >= 15 is 0 Å². The van der Waals surface area contributed by atoms with E-state index in [0.717, 1.165) is 37.0 Å². The van der Waals surface area contributed by atoms with Gasteiger partial charge in [0.15, 0.2) is 0 Å². The third-order valence-corrected chi connectivity index (χ3v) is 4.45. The molecular formula is C12H26N2OS2. The van der Waals surface area contributed by atoms with E-state index in [2.05, 4.69) is 37.5 Å². The molecule has 1 atom stereocenters. The van der Waals surface area contributed by atoms with Gasteiger partial charge in [0, 0.05) is 25.4 Å². The van der Waals surface area contributed by atoms with Crippen LogP contribution < -0.4 is 0 Å². The molecular weight excluding hydrogens is 252 g/mol. The lowest BCUT2D eigenvalue weighted by atomic mass is 10.3. The van der Waals surface area contributed by atoms with Crippen LogP contribution >= 0.6 is 24.0 Å². The van der Waals surface area contributed by atoms with Gasteiger partial charge in [-0.15, -0.1) is 0 Å². The number of nitrogens with zero attached hydrogens (tertiary/aromatic N) is 2. The van der Waals surface area contributed by atoms with Crippen molar-refractivity contribution in [1.29, 1.82) is 0 Å². The summed E-state index contributed by atoms with van der Waals surface area (Å²) in [4.78, 5) is 4.37. The third kappa shape index (κ3) is 7.24. The van der Waals surface area contributed by atoms with Gasteiger partial charge in [0.05, 0.1) is 6.10 Å². The van der Waals surface area contributed by atoms with Crippen LogP contribution in [0.25, 0.3) is 0 Å². The maximum atomic E-state index is 9.92. The van der Waals surface area contributed by atoms with Gasteiger partial charge in [-0.05, 0) is 26.9 Å². The van der Waals surface area contributed by atoms with Crippen LogP contribution in [-0.2, 0) is 0 Å². The molecule has 17 heavy (non-hydrogen) atoms. The summed E-state index contributed by atoms with van der Waals surface area (Å²) in [5, 5.41) is 9.92. The minimum atomic E-state index is -0.298. The normalized spacial score (nSPS) is 12.8. The van der Waals surface area contributed by atoms with Crippen LogP contribution in [0.2, 0.25) is 0 Å². The predicted molar refractivity (Wildman–Crippen MR) is 81.8 cm³/mol. The largest absolute Gasteiger partial charge is 0.391 e. The summed E-state index contributed by atoms with van der Waals surface area (Å²) in [6.07, 6.45) is -0.298. The van der Waals surface area contributed by atoms with Gasteiger partial charge in [0.25, 0.3) is 0 Å². The highest BCUT2D eigenvalue weighted by Crippen LogP contribution is 2.11. The first kappa shape index (κ1) is 17.2. The lowest BCUT2D eigenvalue weighted by Gasteiger charge is -2.24. The molecule has 0 spiro atoms. The Morgan fingerprint density at radius 3 is 2.06 bits per heavy atom. The zero-order valence-corrected chi connectivity index (χ0v) is 13.1. The number of hydrogen-bond acceptors (Lipinski definition) is 4. The average Bonchev–Trinajstić information content (AvgIpc) is 2.34. The minimum Gasteiger partial charge on any atom is -0.391 e. The van der Waals surface area contributed by atoms with Crippen molar-refractivity contribution in [3.05, 3.63) is 0 Å². The number of aliphatic hydroxyl groups is 1. The van der Waals surface area contributed by atoms with E-state index in [4.69, 9.17) is 12.2 Å². The van der Waals surface area contributed by atoms with Gasteiger partial charge < -0.3 is 14.9 Å². The highest BCUT2D eigenvalue weighted by atomic mass is 32.2. The van der Waals surface area contributed by atoms with Crippen molar-refractivity contribution in [2.75, 3.05) is 38.5 Å². The van der Waals surface area contributed by atoms with Crippen molar-refractivity contribution in [2.24, 2.45) is 0 Å². The molecule has 0 aromatic carbocycles. The molecule has 0 aromatic rings. The Labute approximate surface area is 116 Å². The van der Waals surface area contributed by atoms with E-state index in [1.807, 2.05) is 0 Å². The quantitative estimate of drug-likeness (QED) is 0.686. The molecule has 0 saturated carbocycles. The average molecular weight is 278 g/mol. The fourth-order valence-corrected chi connectivity index (χ4v) is 2.92. The Kier molecular flexibility index (Phi) is 10.2. The SMILES string of the molecule is CCN(CC)CC(O)CSC(=S)N(CC)CC. The first-order chi connectivity index (χ1) is 8.08. The van der Waals surface area contributed by atoms with Crippen LogP contribution in [0.1, 0.15) is 27.7 Å². The molecule has 3 nitrogen and oxygen atoms in total. The van der Waals surface area contributed by atoms with Crippen molar-refractivity contribution in [3.8, 4) is 0 Å². The van der Waals surface area contributed by atoms with Gasteiger partial charge in [-0.2, -0.15) is 0 Å². The van der Waals surface area contributed by atoms with Crippen LogP contribution in [0.4, 0.5) is 0 Å². The molecule has 0 saturated heterocycles. The molecule has 0 bridgehead atoms. The van der Waals surface area contributed by atoms with Crippen molar-refractivity contribution in [2.45, 2.75) is 33.8 Å². The van der Waals surface area contributed by atoms with Crippen LogP contribution in [0.5, 0.6) is 0 Å². The molecule has 0 amide bonds. The summed E-state index contributed by atoms with van der Waals surface area (Å²) < 4.78 is 0.897. The lowest BCUT2D eigenvalue weighted by Crippen LogP contribution is -2.34. The van der Waals surface area contributed by atoms with Crippen molar-refractivity contribution in [3.63, 3.8) is 0 Å². The van der Waals surface area contributed by atoms with Gasteiger partial charge in [-0.1, -0.05) is 37.8 Å². The van der Waals surface area contributed by atoms with Crippen molar-refractivity contribution >= 4 is 28.3 Å². The summed E-state index contributed by atoms with van der Waals surface area (Å²) in [6.45, 7) is 13.0. The maximum Gasteiger partial charge on any atom is 0.136 e. The van der Waals surface area contributed by atoms with Crippen LogP contribution in [-0.4, -0.2) is 63.8 Å². The number of rotatable bonds is 8. The fourth-order valence-electron chi connectivity index (χ4n) is 1.57. The molecule has 0 rings (SSSR count). The van der Waals surface area contributed by atoms with E-state index < -0.39 is 0 Å². The van der Waals surface area contributed by atoms with E-state index in [1.165, 1.54) is 0 Å². The van der Waals surface area contributed by atoms with E-state index in [9.17, 15) is 5.11 Å². The minimum absolute atomic E-state index is 0.298. The van der Waals surface area contributed by atoms with Gasteiger partial charge in [-0.25, -0.2) is 0 Å². The Bertz CT molecular complexity index is 207. The third-order valence-electron chi connectivity index (χ3n) is 2.78. The lowest BCUT2D eigenvalue weighted by molar-refractivity contribution is 0.137. The smallest absolute Gasteiger partial charge is 0.136 e. The zero-order valence-electron chi connectivity index (χ0n) is 11.5. The molecule has 102 valence electrons. The van der Waals surface area contributed by atoms with Crippen molar-refractivity contribution in [1.82, 2.24) is 9.80 Å². The Balaban J connectivity index is 3.90. The summed E-state index contributed by atoms with van der Waals surface area (Å²) in [7, 11) is 0. The Morgan fingerprint density at radius 2 is 1.65 bits per heavy atom. The number of thiocarbonyl (C=S) groups is 1. The predicted octanol–water partition coefficient (Wildman–Crippen LogP) is 2.05. The highest BCUT2D eigenvalue weighted by molar-refractivity contribution is 8.22. The monoisotopic (exact) mass is 278 g/mol. The molecule has 0 radical (unpaired) electrons. The van der Waals surface area contributed by atoms with E-state index in [-0.39, 0.29) is 6.10 Å². The first-order valence-electron chi connectivity index (χ1n) is 6.40. The molecule has 0 aliphatic heterocycles. The van der Waals surface area contributed by atoms with Crippen LogP contribution in [0.3, 0.4) is 0 Å². The maximum absolute atomic E-state index is 9.92. The number of hydrogen-bond donors (Lipinski definition) is 1. The molecule has 0 aliphatic rings. The van der Waals surface area contributed by atoms with Crippen LogP contribution in [0, 0.1) is 0 Å². The fraction of sp³-hybridized carbons (Fsp3) is 0.917. The number of aliphatic hydroxyl groups excluding tert-OH is 1. The highest BCUT2D eigenvalue weighted by Gasteiger charge is 2.12. The number of thioether (sulfide) groups is 1. The van der Waals surface area contributed by atoms with Gasteiger partial charge in [0.1, 0.15) is 4.32 Å². The van der Waals surface area contributed by atoms with Gasteiger partial charge >= 0.3 is 0 Å². The summed E-state index contributed by atoms with van der Waals surface area (Å²) in [6, 6.07) is 0. The number of likely N-dealkylation sites (N-methyl/N-ethyl adjacent to an activating group) is 1. The molecule has 1 unspecified atom stereocenters. The second-order valence-corrected chi connectivity index (χ2v) is 5.54. The molecule has 0 aromatic heterocycles. The van der Waals surface area contributed by atoms with Crippen molar-refractivity contribution < 1.29 is 5.11 Å². The molecule has 0 heterocycles. The van der Waals surface area contributed by atoms with E-state index in [1.54, 1.807) is 11.8 Å². The zero-order chi connectivity index (χ0) is 13.3. The summed E-state index contributed by atoms with van der Waals surface area (Å²) >= 11 is 6.91.